The van der Waals surface area contributed by atoms with Gasteiger partial charge in [0.15, 0.2) is 0 Å². The molecule has 3 aromatic rings. The first kappa shape index (κ1) is 17.1. The minimum atomic E-state index is -0.0158. The highest BCUT2D eigenvalue weighted by Crippen LogP contribution is 2.20. The number of rotatable bonds is 6. The molecule has 0 aliphatic heterocycles. The van der Waals surface area contributed by atoms with Crippen LogP contribution in [-0.2, 0) is 6.54 Å². The van der Waals surface area contributed by atoms with Gasteiger partial charge in [-0.3, -0.25) is 9.78 Å². The zero-order valence-corrected chi connectivity index (χ0v) is 15.0. The fraction of sp³-hybridized carbons (Fsp3) is 0.143. The molecule has 126 valence electrons. The van der Waals surface area contributed by atoms with Crippen LogP contribution in [0.15, 0.2) is 72.6 Å². The molecule has 0 N–H and O–H groups in total. The van der Waals surface area contributed by atoms with Crippen molar-refractivity contribution in [2.24, 2.45) is 0 Å². The number of aryl methyl sites for hydroxylation is 1. The predicted molar refractivity (Wildman–Crippen MR) is 104 cm³/mol. The number of amides is 1. The molecular formula is C21H20N2OS. The molecule has 3 nitrogen and oxygen atoms in total. The van der Waals surface area contributed by atoms with Crippen LogP contribution in [0.4, 0.5) is 0 Å². The molecule has 2 aromatic heterocycles. The Morgan fingerprint density at radius 3 is 2.60 bits per heavy atom. The SMILES string of the molecule is C=CCN(Cc1cccs1)C(=O)c1ccc(-c2ccccc2)nc1C. The van der Waals surface area contributed by atoms with Gasteiger partial charge in [-0.1, -0.05) is 42.5 Å². The highest BCUT2D eigenvalue weighted by atomic mass is 32.1. The van der Waals surface area contributed by atoms with E-state index < -0.39 is 0 Å². The lowest BCUT2D eigenvalue weighted by Gasteiger charge is -2.21. The zero-order valence-electron chi connectivity index (χ0n) is 14.2. The lowest BCUT2D eigenvalue weighted by molar-refractivity contribution is 0.0763. The number of carbonyl (C=O) groups is 1. The molecule has 0 atom stereocenters. The van der Waals surface area contributed by atoms with Crippen LogP contribution in [0.5, 0.6) is 0 Å². The van der Waals surface area contributed by atoms with Gasteiger partial charge in [-0.05, 0) is 30.5 Å². The van der Waals surface area contributed by atoms with Gasteiger partial charge < -0.3 is 4.90 Å². The van der Waals surface area contributed by atoms with Gasteiger partial charge >= 0.3 is 0 Å². The monoisotopic (exact) mass is 348 g/mol. The van der Waals surface area contributed by atoms with E-state index in [1.54, 1.807) is 22.3 Å². The smallest absolute Gasteiger partial charge is 0.256 e. The fourth-order valence-corrected chi connectivity index (χ4v) is 3.41. The Labute approximate surface area is 152 Å². The Morgan fingerprint density at radius 1 is 1.16 bits per heavy atom. The molecular weight excluding hydrogens is 328 g/mol. The Hall–Kier alpha value is -2.72. The lowest BCUT2D eigenvalue weighted by atomic mass is 10.1. The van der Waals surface area contributed by atoms with E-state index in [0.29, 0.717) is 18.7 Å². The first-order chi connectivity index (χ1) is 12.2. The van der Waals surface area contributed by atoms with E-state index in [4.69, 9.17) is 0 Å². The Morgan fingerprint density at radius 2 is 1.96 bits per heavy atom. The Bertz CT molecular complexity index is 857. The Kier molecular flexibility index (Phi) is 5.41. The second-order valence-electron chi connectivity index (χ2n) is 5.75. The summed E-state index contributed by atoms with van der Waals surface area (Å²) in [6.07, 6.45) is 1.76. The molecule has 0 saturated heterocycles. The average Bonchev–Trinajstić information content (AvgIpc) is 3.14. The van der Waals surface area contributed by atoms with Gasteiger partial charge in [-0.2, -0.15) is 0 Å². The average molecular weight is 348 g/mol. The summed E-state index contributed by atoms with van der Waals surface area (Å²) in [6.45, 7) is 6.76. The van der Waals surface area contributed by atoms with Crippen LogP contribution in [-0.4, -0.2) is 22.3 Å². The van der Waals surface area contributed by atoms with E-state index in [0.717, 1.165) is 21.8 Å². The molecule has 4 heteroatoms. The molecule has 1 amide bonds. The standard InChI is InChI=1S/C21H20N2OS/c1-3-13-23(15-18-10-7-14-25-18)21(24)19-11-12-20(22-16(19)2)17-8-5-4-6-9-17/h3-12,14H,1,13,15H2,2H3. The second kappa shape index (κ2) is 7.90. The number of benzene rings is 1. The number of nitrogens with zero attached hydrogens (tertiary/aromatic N) is 2. The molecule has 3 rings (SSSR count). The zero-order chi connectivity index (χ0) is 17.6. The number of hydrogen-bond donors (Lipinski definition) is 0. The maximum absolute atomic E-state index is 13.0. The van der Waals surface area contributed by atoms with Gasteiger partial charge in [-0.15, -0.1) is 17.9 Å². The molecule has 0 unspecified atom stereocenters. The summed E-state index contributed by atoms with van der Waals surface area (Å²) in [4.78, 5) is 20.6. The summed E-state index contributed by atoms with van der Waals surface area (Å²) in [5.41, 5.74) is 3.30. The van der Waals surface area contributed by atoms with E-state index in [1.807, 2.05) is 66.9 Å². The van der Waals surface area contributed by atoms with Gasteiger partial charge in [0, 0.05) is 17.0 Å². The van der Waals surface area contributed by atoms with Crippen LogP contribution in [0.1, 0.15) is 20.9 Å². The van der Waals surface area contributed by atoms with E-state index in [9.17, 15) is 4.79 Å². The first-order valence-corrected chi connectivity index (χ1v) is 9.02. The number of thiophene rings is 1. The van der Waals surface area contributed by atoms with E-state index in [2.05, 4.69) is 11.6 Å². The number of aromatic nitrogens is 1. The van der Waals surface area contributed by atoms with E-state index in [1.165, 1.54) is 0 Å². The third kappa shape index (κ3) is 4.03. The van der Waals surface area contributed by atoms with Crippen molar-refractivity contribution in [2.75, 3.05) is 6.54 Å². The van der Waals surface area contributed by atoms with Gasteiger partial charge in [0.1, 0.15) is 0 Å². The molecule has 0 fully saturated rings. The third-order valence-electron chi connectivity index (χ3n) is 3.95. The molecule has 0 saturated carbocycles. The maximum Gasteiger partial charge on any atom is 0.256 e. The molecule has 0 aliphatic rings. The van der Waals surface area contributed by atoms with Crippen LogP contribution >= 0.6 is 11.3 Å². The lowest BCUT2D eigenvalue weighted by Crippen LogP contribution is -2.31. The quantitative estimate of drug-likeness (QED) is 0.591. The van der Waals surface area contributed by atoms with Crippen LogP contribution in [0.25, 0.3) is 11.3 Å². The fourth-order valence-electron chi connectivity index (χ4n) is 2.69. The summed E-state index contributed by atoms with van der Waals surface area (Å²) in [6, 6.07) is 17.8. The summed E-state index contributed by atoms with van der Waals surface area (Å²) in [5.74, 6) is -0.0158. The van der Waals surface area contributed by atoms with E-state index >= 15 is 0 Å². The molecule has 0 aliphatic carbocycles. The second-order valence-corrected chi connectivity index (χ2v) is 6.78. The highest BCUT2D eigenvalue weighted by molar-refractivity contribution is 7.09. The molecule has 2 heterocycles. The molecule has 1 aromatic carbocycles. The molecule has 0 radical (unpaired) electrons. The summed E-state index contributed by atoms with van der Waals surface area (Å²) in [7, 11) is 0. The van der Waals surface area contributed by atoms with Crippen molar-refractivity contribution in [3.8, 4) is 11.3 Å². The summed E-state index contributed by atoms with van der Waals surface area (Å²) < 4.78 is 0. The highest BCUT2D eigenvalue weighted by Gasteiger charge is 2.18. The largest absolute Gasteiger partial charge is 0.330 e. The van der Waals surface area contributed by atoms with Crippen molar-refractivity contribution in [3.63, 3.8) is 0 Å². The van der Waals surface area contributed by atoms with E-state index in [-0.39, 0.29) is 5.91 Å². The first-order valence-electron chi connectivity index (χ1n) is 8.14. The number of hydrogen-bond acceptors (Lipinski definition) is 3. The minimum Gasteiger partial charge on any atom is -0.330 e. The molecule has 0 spiro atoms. The maximum atomic E-state index is 13.0. The minimum absolute atomic E-state index is 0.0158. The van der Waals surface area contributed by atoms with Crippen LogP contribution in [0, 0.1) is 6.92 Å². The van der Waals surface area contributed by atoms with Gasteiger partial charge in [0.2, 0.25) is 0 Å². The molecule has 25 heavy (non-hydrogen) atoms. The normalized spacial score (nSPS) is 10.4. The predicted octanol–water partition coefficient (Wildman–Crippen LogP) is 4.95. The summed E-state index contributed by atoms with van der Waals surface area (Å²) in [5, 5.41) is 2.02. The van der Waals surface area contributed by atoms with Crippen molar-refractivity contribution in [1.29, 1.82) is 0 Å². The van der Waals surface area contributed by atoms with Gasteiger partial charge in [0.25, 0.3) is 5.91 Å². The van der Waals surface area contributed by atoms with Crippen molar-refractivity contribution in [3.05, 3.63) is 88.8 Å². The molecule has 0 bridgehead atoms. The van der Waals surface area contributed by atoms with Crippen LogP contribution in [0.2, 0.25) is 0 Å². The topological polar surface area (TPSA) is 33.2 Å². The van der Waals surface area contributed by atoms with Crippen molar-refractivity contribution in [2.45, 2.75) is 13.5 Å². The summed E-state index contributed by atoms with van der Waals surface area (Å²) >= 11 is 1.65. The number of pyridine rings is 1. The van der Waals surface area contributed by atoms with Gasteiger partial charge in [0.05, 0.1) is 23.5 Å². The Balaban J connectivity index is 1.86. The number of carbonyl (C=O) groups excluding carboxylic acids is 1. The van der Waals surface area contributed by atoms with Crippen molar-refractivity contribution < 1.29 is 4.79 Å². The van der Waals surface area contributed by atoms with Crippen LogP contribution < -0.4 is 0 Å². The van der Waals surface area contributed by atoms with Crippen molar-refractivity contribution >= 4 is 17.2 Å². The van der Waals surface area contributed by atoms with Gasteiger partial charge in [-0.25, -0.2) is 0 Å². The van der Waals surface area contributed by atoms with Crippen molar-refractivity contribution in [1.82, 2.24) is 9.88 Å². The third-order valence-corrected chi connectivity index (χ3v) is 4.81. The van der Waals surface area contributed by atoms with Crippen LogP contribution in [0.3, 0.4) is 0 Å².